The molecule has 274 valence electrons. The molecule has 23 heteroatoms. The van der Waals surface area contributed by atoms with Crippen molar-refractivity contribution in [3.63, 3.8) is 0 Å². The summed E-state index contributed by atoms with van der Waals surface area (Å²) < 4.78 is 62.6. The number of nitrogens with two attached hydrogens (primary N) is 1. The van der Waals surface area contributed by atoms with Gasteiger partial charge in [-0.3, -0.25) is 18.4 Å². The van der Waals surface area contributed by atoms with Crippen molar-refractivity contribution in [2.75, 3.05) is 25.5 Å². The van der Waals surface area contributed by atoms with Gasteiger partial charge in [0.25, 0.3) is 0 Å². The molecule has 0 aliphatic carbocycles. The highest BCUT2D eigenvalue weighted by Gasteiger charge is 2.50. The minimum absolute atomic E-state index is 0.0580. The van der Waals surface area contributed by atoms with E-state index in [9.17, 15) is 48.3 Å². The Kier molecular flexibility index (Phi) is 12.8. The SMILES string of the molecule is CCc1cnc(N)c2ncn(C3OC(COP(=O)(O)OP(=O)(O)OCC(C)(C)C(O)C(=O)NCCC(C)(C)C)C(OP(=O)(O)O)C3O)c12. The number of hydrogen-bond donors (Lipinski definition) is 8. The first kappa shape index (κ1) is 40.6. The van der Waals surface area contributed by atoms with Gasteiger partial charge in [0.2, 0.25) is 5.91 Å². The van der Waals surface area contributed by atoms with E-state index in [2.05, 4.69) is 19.6 Å². The maximum Gasteiger partial charge on any atom is 0.481 e. The average Bonchev–Trinajstić information content (AvgIpc) is 3.51. The van der Waals surface area contributed by atoms with E-state index in [-0.39, 0.29) is 23.3 Å². The zero-order chi connectivity index (χ0) is 36.5. The van der Waals surface area contributed by atoms with Crippen molar-refractivity contribution in [2.24, 2.45) is 10.8 Å². The molecule has 48 heavy (non-hydrogen) atoms. The molecule has 3 rings (SSSR count). The number of phosphoric acid groups is 3. The third-order valence-corrected chi connectivity index (χ3v) is 10.4. The summed E-state index contributed by atoms with van der Waals surface area (Å²) >= 11 is 0. The quantitative estimate of drug-likeness (QED) is 0.113. The van der Waals surface area contributed by atoms with Gasteiger partial charge in [-0.15, -0.1) is 0 Å². The van der Waals surface area contributed by atoms with E-state index in [1.807, 2.05) is 27.7 Å². The highest BCUT2D eigenvalue weighted by atomic mass is 31.3. The number of aliphatic hydroxyl groups is 2. The van der Waals surface area contributed by atoms with E-state index in [4.69, 9.17) is 24.0 Å². The number of imidazole rings is 1. The molecule has 20 nitrogen and oxygen atoms in total. The zero-order valence-electron chi connectivity index (χ0n) is 27.2. The van der Waals surface area contributed by atoms with Gasteiger partial charge in [0.15, 0.2) is 12.0 Å². The van der Waals surface area contributed by atoms with Crippen molar-refractivity contribution in [3.05, 3.63) is 18.1 Å². The number of nitrogens with one attached hydrogen (secondary N) is 1. The molecule has 1 aliphatic rings. The molecule has 1 saturated heterocycles. The normalized spacial score (nSPS) is 23.9. The highest BCUT2D eigenvalue weighted by Crippen LogP contribution is 2.61. The Morgan fingerprint density at radius 1 is 1.10 bits per heavy atom. The van der Waals surface area contributed by atoms with E-state index in [0.717, 1.165) is 0 Å². The number of fused-ring (bicyclic) bond motifs is 1. The molecule has 9 N–H and O–H groups in total. The molecule has 1 aliphatic heterocycles. The summed E-state index contributed by atoms with van der Waals surface area (Å²) in [7, 11) is -16.2. The molecular formula is C25H44N5O15P3. The molecule has 0 spiro atoms. The van der Waals surface area contributed by atoms with Gasteiger partial charge < -0.3 is 50.1 Å². The Morgan fingerprint density at radius 2 is 1.73 bits per heavy atom. The Bertz CT molecular complexity index is 1590. The number of nitrogens with zero attached hydrogens (tertiary/aromatic N) is 3. The molecule has 2 aromatic rings. The van der Waals surface area contributed by atoms with Crippen LogP contribution in [0.3, 0.4) is 0 Å². The lowest BCUT2D eigenvalue weighted by atomic mass is 9.87. The smallest absolute Gasteiger partial charge is 0.386 e. The first-order valence-electron chi connectivity index (χ1n) is 14.7. The van der Waals surface area contributed by atoms with Crippen LogP contribution in [0.4, 0.5) is 5.82 Å². The lowest BCUT2D eigenvalue weighted by molar-refractivity contribution is -0.137. The molecule has 2 aromatic heterocycles. The summed E-state index contributed by atoms with van der Waals surface area (Å²) in [5, 5.41) is 24.1. The van der Waals surface area contributed by atoms with Crippen molar-refractivity contribution in [2.45, 2.75) is 85.0 Å². The number of anilines is 1. The maximum atomic E-state index is 12.7. The fraction of sp³-hybridized carbons (Fsp3) is 0.720. The number of hydrogen-bond acceptors (Lipinski definition) is 14. The number of aromatic nitrogens is 3. The molecule has 0 radical (unpaired) electrons. The van der Waals surface area contributed by atoms with Crippen molar-refractivity contribution >= 4 is 46.2 Å². The number of nitrogen functional groups attached to an aromatic ring is 1. The lowest BCUT2D eigenvalue weighted by Gasteiger charge is -2.30. The van der Waals surface area contributed by atoms with E-state index in [1.165, 1.54) is 30.9 Å². The molecule has 1 fully saturated rings. The molecule has 1 amide bonds. The van der Waals surface area contributed by atoms with Gasteiger partial charge in [0.1, 0.15) is 29.9 Å². The van der Waals surface area contributed by atoms with Gasteiger partial charge in [0, 0.05) is 18.2 Å². The number of ether oxygens (including phenoxy) is 1. The molecule has 0 bridgehead atoms. The van der Waals surface area contributed by atoms with Gasteiger partial charge >= 0.3 is 23.5 Å². The van der Waals surface area contributed by atoms with Crippen LogP contribution < -0.4 is 11.1 Å². The summed E-state index contributed by atoms with van der Waals surface area (Å²) in [6.45, 7) is 8.80. The van der Waals surface area contributed by atoms with Gasteiger partial charge in [-0.05, 0) is 23.8 Å². The molecular weight excluding hydrogens is 703 g/mol. The number of pyridine rings is 1. The Hall–Kier alpha value is -1.86. The number of amides is 1. The number of aryl methyl sites for hydroxylation is 1. The van der Waals surface area contributed by atoms with Crippen LogP contribution in [0, 0.1) is 10.8 Å². The standard InChI is InChI=1S/C25H44N5O15P3/c1-7-14-10-28-21(26)16-17(14)30(13-29-16)23-18(31)19(44-46(34,35)36)15(43-23)11-41-47(37,38)45-48(39,40)42-12-25(5,6)20(32)22(33)27-9-8-24(2,3)4/h10,13,15,18-20,23,31-32H,7-9,11-12H2,1-6H3,(H2,26,28)(H,27,33)(H,37,38)(H,39,40)(H2,34,35,36). The van der Waals surface area contributed by atoms with Gasteiger partial charge in [-0.1, -0.05) is 41.5 Å². The topological polar surface area (TPSA) is 305 Å². The van der Waals surface area contributed by atoms with Crippen LogP contribution in [0.1, 0.15) is 59.8 Å². The average molecular weight is 748 g/mol. The largest absolute Gasteiger partial charge is 0.481 e. The maximum absolute atomic E-state index is 12.7. The Morgan fingerprint density at radius 3 is 2.31 bits per heavy atom. The van der Waals surface area contributed by atoms with E-state index in [0.29, 0.717) is 23.9 Å². The fourth-order valence-electron chi connectivity index (χ4n) is 4.64. The van der Waals surface area contributed by atoms with Crippen LogP contribution in [0.15, 0.2) is 12.5 Å². The molecule has 7 atom stereocenters. The molecule has 7 unspecified atom stereocenters. The number of aliphatic hydroxyl groups excluding tert-OH is 2. The van der Waals surface area contributed by atoms with Crippen molar-refractivity contribution in [1.82, 2.24) is 19.9 Å². The molecule has 0 aromatic carbocycles. The predicted molar refractivity (Wildman–Crippen MR) is 168 cm³/mol. The summed E-state index contributed by atoms with van der Waals surface area (Å²) in [4.78, 5) is 59.9. The van der Waals surface area contributed by atoms with Gasteiger partial charge in [0.05, 0.1) is 25.1 Å². The summed E-state index contributed by atoms with van der Waals surface area (Å²) in [6.07, 6.45) is -4.69. The van der Waals surface area contributed by atoms with Gasteiger partial charge in [-0.25, -0.2) is 23.7 Å². The third kappa shape index (κ3) is 10.8. The second-order valence-electron chi connectivity index (χ2n) is 13.1. The summed E-state index contributed by atoms with van der Waals surface area (Å²) in [5.74, 6) is -0.709. The van der Waals surface area contributed by atoms with Crippen molar-refractivity contribution in [3.8, 4) is 0 Å². The molecule has 3 heterocycles. The van der Waals surface area contributed by atoms with Crippen LogP contribution in [-0.4, -0.2) is 94.4 Å². The third-order valence-electron chi connectivity index (χ3n) is 7.29. The monoisotopic (exact) mass is 747 g/mol. The van der Waals surface area contributed by atoms with Crippen LogP contribution in [-0.2, 0) is 47.5 Å². The number of phosphoric ester groups is 3. The second kappa shape index (κ2) is 15.2. The minimum atomic E-state index is -5.49. The summed E-state index contributed by atoms with van der Waals surface area (Å²) in [5.41, 5.74) is 5.63. The fourth-order valence-corrected chi connectivity index (χ4v) is 7.47. The second-order valence-corrected chi connectivity index (χ2v) is 17.3. The summed E-state index contributed by atoms with van der Waals surface area (Å²) in [6, 6.07) is 0. The van der Waals surface area contributed by atoms with Gasteiger partial charge in [-0.2, -0.15) is 4.31 Å². The Labute approximate surface area is 276 Å². The molecule has 0 saturated carbocycles. The zero-order valence-corrected chi connectivity index (χ0v) is 29.9. The highest BCUT2D eigenvalue weighted by molar-refractivity contribution is 7.61. The number of rotatable bonds is 16. The predicted octanol–water partition coefficient (Wildman–Crippen LogP) is 1.50. The van der Waals surface area contributed by atoms with Crippen LogP contribution >= 0.6 is 23.5 Å². The van der Waals surface area contributed by atoms with Crippen LogP contribution in [0.2, 0.25) is 0 Å². The minimum Gasteiger partial charge on any atom is -0.386 e. The lowest BCUT2D eigenvalue weighted by Crippen LogP contribution is -2.46. The first-order valence-corrected chi connectivity index (χ1v) is 19.2. The van der Waals surface area contributed by atoms with E-state index < -0.39 is 78.6 Å². The van der Waals surface area contributed by atoms with E-state index >= 15 is 0 Å². The number of carbonyl (C=O) groups is 1. The van der Waals surface area contributed by atoms with Crippen LogP contribution in [0.25, 0.3) is 11.0 Å². The Balaban J connectivity index is 1.69. The van der Waals surface area contributed by atoms with Crippen molar-refractivity contribution in [1.29, 1.82) is 0 Å². The first-order chi connectivity index (χ1) is 21.9. The number of carbonyl (C=O) groups excluding carboxylic acids is 1. The van der Waals surface area contributed by atoms with Crippen molar-refractivity contribution < 1.29 is 70.9 Å². The van der Waals surface area contributed by atoms with Crippen LogP contribution in [0.5, 0.6) is 0 Å². The van der Waals surface area contributed by atoms with E-state index in [1.54, 1.807) is 0 Å².